The molecule has 4 rings (SSSR count). The monoisotopic (exact) mass is 392 g/mol. The Labute approximate surface area is 169 Å². The molecule has 1 amide bonds. The molecule has 8 heteroatoms. The lowest BCUT2D eigenvalue weighted by atomic mass is 10.1. The van der Waals surface area contributed by atoms with Crippen molar-refractivity contribution in [3.63, 3.8) is 0 Å². The fourth-order valence-electron chi connectivity index (χ4n) is 3.35. The largest absolute Gasteiger partial charge is 0.459 e. The predicted octanol–water partition coefficient (Wildman–Crippen LogP) is 2.47. The number of hydrogen-bond donors (Lipinski definition) is 1. The highest BCUT2D eigenvalue weighted by molar-refractivity contribution is 5.91. The maximum atomic E-state index is 12.4. The summed E-state index contributed by atoms with van der Waals surface area (Å²) in [6.45, 7) is 3.40. The molecule has 1 aliphatic heterocycles. The van der Waals surface area contributed by atoms with Gasteiger partial charge >= 0.3 is 0 Å². The van der Waals surface area contributed by atoms with Gasteiger partial charge in [0.2, 0.25) is 5.95 Å². The molecule has 0 radical (unpaired) electrons. The summed E-state index contributed by atoms with van der Waals surface area (Å²) in [5.41, 5.74) is 1.32. The zero-order valence-corrected chi connectivity index (χ0v) is 16.2. The third-order valence-corrected chi connectivity index (χ3v) is 4.94. The van der Waals surface area contributed by atoms with E-state index in [-0.39, 0.29) is 5.91 Å². The number of carbonyl (C=O) groups excluding carboxylic acids is 1. The highest BCUT2D eigenvalue weighted by atomic mass is 16.3. The smallest absolute Gasteiger partial charge is 0.289 e. The van der Waals surface area contributed by atoms with Crippen LogP contribution in [-0.4, -0.2) is 58.7 Å². The van der Waals surface area contributed by atoms with Crippen molar-refractivity contribution in [2.45, 2.75) is 12.8 Å². The average molecular weight is 392 g/mol. The number of aryl methyl sites for hydroxylation is 1. The quantitative estimate of drug-likeness (QED) is 0.618. The first-order valence-corrected chi connectivity index (χ1v) is 9.85. The van der Waals surface area contributed by atoms with Gasteiger partial charge in [0.25, 0.3) is 5.91 Å². The van der Waals surface area contributed by atoms with Crippen LogP contribution in [0.15, 0.2) is 59.3 Å². The van der Waals surface area contributed by atoms with Gasteiger partial charge in [0.1, 0.15) is 0 Å². The summed E-state index contributed by atoms with van der Waals surface area (Å²) >= 11 is 0. The van der Waals surface area contributed by atoms with Gasteiger partial charge in [-0.1, -0.05) is 30.3 Å². The van der Waals surface area contributed by atoms with Gasteiger partial charge in [-0.25, -0.2) is 0 Å². The van der Waals surface area contributed by atoms with E-state index in [0.29, 0.717) is 37.9 Å². The van der Waals surface area contributed by atoms with Gasteiger partial charge in [-0.2, -0.15) is 10.1 Å². The van der Waals surface area contributed by atoms with Gasteiger partial charge in [-0.3, -0.25) is 4.79 Å². The lowest BCUT2D eigenvalue weighted by molar-refractivity contribution is 0.0714. The Hall–Kier alpha value is -3.42. The number of nitrogens with zero attached hydrogens (tertiary/aromatic N) is 5. The van der Waals surface area contributed by atoms with Gasteiger partial charge in [0.15, 0.2) is 11.6 Å². The number of benzene rings is 1. The zero-order valence-electron chi connectivity index (χ0n) is 16.2. The summed E-state index contributed by atoms with van der Waals surface area (Å²) in [5.74, 6) is 1.61. The van der Waals surface area contributed by atoms with Crippen LogP contribution in [0.4, 0.5) is 11.8 Å². The Morgan fingerprint density at radius 2 is 1.90 bits per heavy atom. The molecule has 1 aromatic carbocycles. The van der Waals surface area contributed by atoms with E-state index in [0.717, 1.165) is 25.2 Å². The van der Waals surface area contributed by atoms with Crippen LogP contribution in [0.1, 0.15) is 22.5 Å². The molecular formula is C21H24N6O2. The number of piperazine rings is 1. The topological polar surface area (TPSA) is 87.4 Å². The summed E-state index contributed by atoms with van der Waals surface area (Å²) in [7, 11) is 0. The van der Waals surface area contributed by atoms with Crippen molar-refractivity contribution >= 4 is 17.7 Å². The molecular weight excluding hydrogens is 368 g/mol. The summed E-state index contributed by atoms with van der Waals surface area (Å²) < 4.78 is 5.21. The van der Waals surface area contributed by atoms with Crippen molar-refractivity contribution in [3.8, 4) is 0 Å². The molecule has 0 spiro atoms. The van der Waals surface area contributed by atoms with Crippen molar-refractivity contribution < 1.29 is 9.21 Å². The lowest BCUT2D eigenvalue weighted by Crippen LogP contribution is -2.49. The third-order valence-electron chi connectivity index (χ3n) is 4.94. The molecule has 0 atom stereocenters. The first-order valence-electron chi connectivity index (χ1n) is 9.85. The normalized spacial score (nSPS) is 14.1. The van der Waals surface area contributed by atoms with Crippen LogP contribution in [-0.2, 0) is 6.42 Å². The van der Waals surface area contributed by atoms with Crippen LogP contribution in [0.5, 0.6) is 0 Å². The summed E-state index contributed by atoms with van der Waals surface area (Å²) in [6, 6.07) is 13.8. The predicted molar refractivity (Wildman–Crippen MR) is 110 cm³/mol. The molecule has 150 valence electrons. The Bertz CT molecular complexity index is 908. The zero-order chi connectivity index (χ0) is 19.9. The lowest BCUT2D eigenvalue weighted by Gasteiger charge is -2.34. The van der Waals surface area contributed by atoms with Crippen molar-refractivity contribution in [1.82, 2.24) is 20.1 Å². The molecule has 0 unspecified atom stereocenters. The number of hydrogen-bond acceptors (Lipinski definition) is 7. The molecule has 0 aliphatic carbocycles. The Kier molecular flexibility index (Phi) is 5.99. The van der Waals surface area contributed by atoms with Crippen molar-refractivity contribution in [2.24, 2.45) is 0 Å². The van der Waals surface area contributed by atoms with Gasteiger partial charge in [-0.05, 0) is 30.5 Å². The first-order chi connectivity index (χ1) is 14.3. The van der Waals surface area contributed by atoms with Crippen LogP contribution in [0.2, 0.25) is 0 Å². The van der Waals surface area contributed by atoms with E-state index in [1.54, 1.807) is 23.2 Å². The van der Waals surface area contributed by atoms with E-state index in [2.05, 4.69) is 49.7 Å². The number of anilines is 2. The van der Waals surface area contributed by atoms with E-state index in [4.69, 9.17) is 4.42 Å². The van der Waals surface area contributed by atoms with E-state index >= 15 is 0 Å². The van der Waals surface area contributed by atoms with Crippen LogP contribution in [0.3, 0.4) is 0 Å². The highest BCUT2D eigenvalue weighted by Gasteiger charge is 2.24. The van der Waals surface area contributed by atoms with Crippen LogP contribution in [0, 0.1) is 0 Å². The SMILES string of the molecule is O=C(c1ccco1)N1CCN(c2cnnc(NCCCc3ccccc3)n2)CC1. The van der Waals surface area contributed by atoms with E-state index in [1.165, 1.54) is 11.8 Å². The molecule has 1 saturated heterocycles. The highest BCUT2D eigenvalue weighted by Crippen LogP contribution is 2.15. The van der Waals surface area contributed by atoms with Crippen LogP contribution in [0.25, 0.3) is 0 Å². The maximum Gasteiger partial charge on any atom is 0.289 e. The molecule has 3 heterocycles. The molecule has 2 aromatic heterocycles. The minimum absolute atomic E-state index is 0.0729. The van der Waals surface area contributed by atoms with Gasteiger partial charge < -0.3 is 19.5 Å². The number of amides is 1. The molecule has 0 saturated carbocycles. The molecule has 1 fully saturated rings. The van der Waals surface area contributed by atoms with E-state index in [9.17, 15) is 4.79 Å². The second-order valence-electron chi connectivity index (χ2n) is 6.91. The van der Waals surface area contributed by atoms with Crippen LogP contribution >= 0.6 is 0 Å². The maximum absolute atomic E-state index is 12.4. The van der Waals surface area contributed by atoms with Crippen LogP contribution < -0.4 is 10.2 Å². The fourth-order valence-corrected chi connectivity index (χ4v) is 3.35. The summed E-state index contributed by atoms with van der Waals surface area (Å²) in [4.78, 5) is 20.9. The first kappa shape index (κ1) is 18.9. The second kappa shape index (κ2) is 9.18. The van der Waals surface area contributed by atoms with Gasteiger partial charge in [0, 0.05) is 32.7 Å². The third kappa shape index (κ3) is 4.90. The second-order valence-corrected chi connectivity index (χ2v) is 6.91. The molecule has 1 aliphatic rings. The molecule has 8 nitrogen and oxygen atoms in total. The Balaban J connectivity index is 1.26. The van der Waals surface area contributed by atoms with Crippen molar-refractivity contribution in [1.29, 1.82) is 0 Å². The number of furan rings is 1. The standard InChI is InChI=1S/C21H24N6O2/c28-20(18-9-5-15-29-18)27-13-11-26(12-14-27)19-16-23-25-21(24-19)22-10-4-8-17-6-2-1-3-7-17/h1-3,5-7,9,15-16H,4,8,10-14H2,(H,22,24,25). The molecule has 29 heavy (non-hydrogen) atoms. The number of nitrogens with one attached hydrogen (secondary N) is 1. The summed E-state index contributed by atoms with van der Waals surface area (Å²) in [5, 5.41) is 11.4. The minimum Gasteiger partial charge on any atom is -0.459 e. The van der Waals surface area contributed by atoms with Crippen molar-refractivity contribution in [2.75, 3.05) is 42.9 Å². The number of rotatable bonds is 7. The Morgan fingerprint density at radius 1 is 1.07 bits per heavy atom. The fraction of sp³-hybridized carbons (Fsp3) is 0.333. The van der Waals surface area contributed by atoms with Gasteiger partial charge in [0.05, 0.1) is 12.5 Å². The number of carbonyl (C=O) groups is 1. The Morgan fingerprint density at radius 3 is 2.66 bits per heavy atom. The van der Waals surface area contributed by atoms with E-state index < -0.39 is 0 Å². The molecule has 1 N–H and O–H groups in total. The number of aromatic nitrogens is 3. The van der Waals surface area contributed by atoms with Crippen molar-refractivity contribution in [3.05, 3.63) is 66.2 Å². The van der Waals surface area contributed by atoms with Gasteiger partial charge in [-0.15, -0.1) is 5.10 Å². The molecule has 3 aromatic rings. The minimum atomic E-state index is -0.0729. The average Bonchev–Trinajstić information content (AvgIpc) is 3.32. The summed E-state index contributed by atoms with van der Waals surface area (Å²) in [6.07, 6.45) is 5.18. The van der Waals surface area contributed by atoms with E-state index in [1.807, 2.05) is 6.07 Å². The molecule has 0 bridgehead atoms.